The van der Waals surface area contributed by atoms with Crippen LogP contribution in [-0.4, -0.2) is 26.6 Å². The molecule has 0 aliphatic heterocycles. The lowest BCUT2D eigenvalue weighted by molar-refractivity contribution is -0.114. The maximum Gasteiger partial charge on any atom is 0.240 e. The number of anilines is 1. The molecule has 1 atom stereocenters. The first-order valence-electron chi connectivity index (χ1n) is 9.08. The highest BCUT2D eigenvalue weighted by molar-refractivity contribution is 7.98. The molecule has 0 aliphatic carbocycles. The van der Waals surface area contributed by atoms with Gasteiger partial charge >= 0.3 is 0 Å². The Morgan fingerprint density at radius 1 is 1.14 bits per heavy atom. The summed E-state index contributed by atoms with van der Waals surface area (Å²) in [5.74, 6) is -0.240. The van der Waals surface area contributed by atoms with E-state index in [2.05, 4.69) is 36.0 Å². The van der Waals surface area contributed by atoms with Gasteiger partial charge in [0.2, 0.25) is 15.9 Å². The third kappa shape index (κ3) is 5.83. The highest BCUT2D eigenvalue weighted by atomic mass is 32.2. The van der Waals surface area contributed by atoms with Gasteiger partial charge in [-0.05, 0) is 48.8 Å². The molecule has 0 saturated heterocycles. The molecule has 1 amide bonds. The van der Waals surface area contributed by atoms with Gasteiger partial charge in [-0.2, -0.15) is 0 Å². The van der Waals surface area contributed by atoms with Crippen molar-refractivity contribution in [3.8, 4) is 0 Å². The lowest BCUT2D eigenvalue weighted by Crippen LogP contribution is -2.37. The van der Waals surface area contributed by atoms with Crippen LogP contribution in [-0.2, 0) is 20.2 Å². The van der Waals surface area contributed by atoms with E-state index >= 15 is 0 Å². The monoisotopic (exact) mass is 420 g/mol. The van der Waals surface area contributed by atoms with E-state index in [4.69, 9.17) is 0 Å². The van der Waals surface area contributed by atoms with Crippen LogP contribution in [0.4, 0.5) is 5.69 Å². The number of benzene rings is 2. The van der Waals surface area contributed by atoms with Crippen molar-refractivity contribution in [2.24, 2.45) is 0 Å². The van der Waals surface area contributed by atoms with Gasteiger partial charge in [0.05, 0.1) is 10.6 Å². The van der Waals surface area contributed by atoms with Crippen molar-refractivity contribution < 1.29 is 13.2 Å². The minimum absolute atomic E-state index is 0.137. The number of thioether (sulfide) groups is 1. The normalized spacial score (nSPS) is 13.2. The molecule has 152 valence electrons. The second-order valence-electron chi connectivity index (χ2n) is 7.52. The lowest BCUT2D eigenvalue weighted by atomic mass is 9.79. The fourth-order valence-corrected chi connectivity index (χ4v) is 5.09. The largest absolute Gasteiger partial charge is 0.325 e. The van der Waals surface area contributed by atoms with Gasteiger partial charge in [-0.3, -0.25) is 4.79 Å². The number of sulfonamides is 1. The summed E-state index contributed by atoms with van der Waals surface area (Å²) in [5.41, 5.74) is 1.49. The predicted molar refractivity (Wildman–Crippen MR) is 116 cm³/mol. The van der Waals surface area contributed by atoms with E-state index in [1.807, 2.05) is 31.4 Å². The Morgan fingerprint density at radius 3 is 2.36 bits per heavy atom. The summed E-state index contributed by atoms with van der Waals surface area (Å²) >= 11 is 1.45. The molecule has 2 aromatic rings. The first-order chi connectivity index (χ1) is 13.0. The van der Waals surface area contributed by atoms with E-state index in [1.165, 1.54) is 30.3 Å². The molecule has 0 aliphatic rings. The van der Waals surface area contributed by atoms with Gasteiger partial charge < -0.3 is 5.32 Å². The Kier molecular flexibility index (Phi) is 7.31. The molecule has 7 heteroatoms. The van der Waals surface area contributed by atoms with E-state index in [1.54, 1.807) is 12.1 Å². The zero-order chi connectivity index (χ0) is 20.9. The van der Waals surface area contributed by atoms with Gasteiger partial charge in [-0.1, -0.05) is 44.2 Å². The molecule has 0 saturated carbocycles. The molecule has 0 fully saturated rings. The van der Waals surface area contributed by atoms with Crippen LogP contribution in [0.1, 0.15) is 39.7 Å². The zero-order valence-electron chi connectivity index (χ0n) is 16.9. The number of carbonyl (C=O) groups is 1. The number of rotatable bonds is 8. The third-order valence-corrected chi connectivity index (χ3v) is 6.90. The van der Waals surface area contributed by atoms with Crippen molar-refractivity contribution in [3.05, 3.63) is 54.1 Å². The van der Waals surface area contributed by atoms with Gasteiger partial charge in [-0.15, -0.1) is 11.8 Å². The summed E-state index contributed by atoms with van der Waals surface area (Å²) in [6.45, 7) is 7.48. The molecule has 0 bridgehead atoms. The van der Waals surface area contributed by atoms with Crippen LogP contribution in [0.15, 0.2) is 58.3 Å². The smallest absolute Gasteiger partial charge is 0.240 e. The zero-order valence-corrected chi connectivity index (χ0v) is 18.6. The molecule has 2 N–H and O–H groups in total. The topological polar surface area (TPSA) is 75.3 Å². The van der Waals surface area contributed by atoms with Crippen LogP contribution < -0.4 is 10.0 Å². The van der Waals surface area contributed by atoms with Gasteiger partial charge in [0.25, 0.3) is 0 Å². The Bertz CT molecular complexity index is 926. The van der Waals surface area contributed by atoms with Crippen LogP contribution in [0.2, 0.25) is 0 Å². The van der Waals surface area contributed by atoms with Crippen molar-refractivity contribution in [1.29, 1.82) is 0 Å². The second kappa shape index (κ2) is 9.11. The molecule has 5 nitrogen and oxygen atoms in total. The van der Waals surface area contributed by atoms with Gasteiger partial charge in [-0.25, -0.2) is 13.1 Å². The van der Waals surface area contributed by atoms with Crippen LogP contribution >= 0.6 is 11.8 Å². The van der Waals surface area contributed by atoms with E-state index < -0.39 is 10.0 Å². The molecule has 2 rings (SSSR count). The van der Waals surface area contributed by atoms with Crippen molar-refractivity contribution in [3.63, 3.8) is 0 Å². The predicted octanol–water partition coefficient (Wildman–Crippen LogP) is 4.40. The Balaban J connectivity index is 2.19. The molecule has 1 unspecified atom stereocenters. The number of carbonyl (C=O) groups excluding carboxylic acids is 1. The molecule has 28 heavy (non-hydrogen) atoms. The second-order valence-corrected chi connectivity index (χ2v) is 10.1. The molecule has 0 radical (unpaired) electrons. The summed E-state index contributed by atoms with van der Waals surface area (Å²) in [5, 5.41) is 2.70. The highest BCUT2D eigenvalue weighted by Crippen LogP contribution is 2.30. The minimum Gasteiger partial charge on any atom is -0.325 e. The molecule has 0 heterocycles. The average molecular weight is 421 g/mol. The number of amides is 1. The standard InChI is InChI=1S/C21H28N2O3S2/c1-15(14-21(3,4)17-9-7-6-8-10-17)23-28(25,26)18-11-12-20(27-5)19(13-18)22-16(2)24/h6-13,15,23H,14H2,1-5H3,(H,22,24). The summed E-state index contributed by atoms with van der Waals surface area (Å²) in [7, 11) is -3.71. The fourth-order valence-electron chi connectivity index (χ4n) is 3.29. The van der Waals surface area contributed by atoms with Gasteiger partial charge in [0.15, 0.2) is 0 Å². The Labute approximate surface area is 172 Å². The van der Waals surface area contributed by atoms with Crippen molar-refractivity contribution in [2.75, 3.05) is 11.6 Å². The fraction of sp³-hybridized carbons (Fsp3) is 0.381. The van der Waals surface area contributed by atoms with E-state index in [0.717, 1.165) is 4.90 Å². The van der Waals surface area contributed by atoms with Crippen LogP contribution in [0, 0.1) is 0 Å². The van der Waals surface area contributed by atoms with Crippen molar-refractivity contribution in [2.45, 2.75) is 55.4 Å². The summed E-state index contributed by atoms with van der Waals surface area (Å²) in [4.78, 5) is 12.4. The lowest BCUT2D eigenvalue weighted by Gasteiger charge is -2.29. The van der Waals surface area contributed by atoms with Crippen LogP contribution in [0.25, 0.3) is 0 Å². The quantitative estimate of drug-likeness (QED) is 0.621. The van der Waals surface area contributed by atoms with E-state index in [9.17, 15) is 13.2 Å². The summed E-state index contributed by atoms with van der Waals surface area (Å²) in [6.07, 6.45) is 2.53. The average Bonchev–Trinajstić information content (AvgIpc) is 2.61. The maximum absolute atomic E-state index is 12.9. The first kappa shape index (κ1) is 22.5. The SMILES string of the molecule is CSc1ccc(S(=O)(=O)NC(C)CC(C)(C)c2ccccc2)cc1NC(C)=O. The Hall–Kier alpha value is -1.83. The van der Waals surface area contributed by atoms with Gasteiger partial charge in [0.1, 0.15) is 0 Å². The summed E-state index contributed by atoms with van der Waals surface area (Å²) in [6, 6.07) is 14.6. The summed E-state index contributed by atoms with van der Waals surface area (Å²) < 4.78 is 28.5. The first-order valence-corrected chi connectivity index (χ1v) is 11.8. The van der Waals surface area contributed by atoms with E-state index in [-0.39, 0.29) is 22.3 Å². The van der Waals surface area contributed by atoms with Gasteiger partial charge in [0, 0.05) is 17.9 Å². The molecule has 2 aromatic carbocycles. The maximum atomic E-state index is 12.9. The van der Waals surface area contributed by atoms with Crippen molar-refractivity contribution >= 4 is 33.4 Å². The molecular formula is C21H28N2O3S2. The molecule has 0 spiro atoms. The van der Waals surface area contributed by atoms with Crippen LogP contribution in [0.3, 0.4) is 0 Å². The highest BCUT2D eigenvalue weighted by Gasteiger charge is 2.26. The number of nitrogens with one attached hydrogen (secondary N) is 2. The molecular weight excluding hydrogens is 392 g/mol. The number of hydrogen-bond acceptors (Lipinski definition) is 4. The van der Waals surface area contributed by atoms with E-state index in [0.29, 0.717) is 12.1 Å². The number of hydrogen-bond donors (Lipinski definition) is 2. The molecule has 0 aromatic heterocycles. The van der Waals surface area contributed by atoms with Crippen LogP contribution in [0.5, 0.6) is 0 Å². The third-order valence-electron chi connectivity index (χ3n) is 4.52. The Morgan fingerprint density at radius 2 is 1.79 bits per heavy atom. The minimum atomic E-state index is -3.71. The van der Waals surface area contributed by atoms with Crippen molar-refractivity contribution in [1.82, 2.24) is 4.72 Å².